The van der Waals surface area contributed by atoms with Crippen molar-refractivity contribution < 1.29 is 4.79 Å². The van der Waals surface area contributed by atoms with E-state index < -0.39 is 0 Å². The zero-order valence-corrected chi connectivity index (χ0v) is 11.5. The van der Waals surface area contributed by atoms with Gasteiger partial charge < -0.3 is 5.32 Å². The molecule has 0 unspecified atom stereocenters. The first-order valence-electron chi connectivity index (χ1n) is 6.13. The van der Waals surface area contributed by atoms with Crippen LogP contribution in [-0.2, 0) is 4.79 Å². The van der Waals surface area contributed by atoms with Crippen molar-refractivity contribution in [3.63, 3.8) is 0 Å². The summed E-state index contributed by atoms with van der Waals surface area (Å²) in [6.07, 6.45) is 4.40. The fourth-order valence-electron chi connectivity index (χ4n) is 2.26. The summed E-state index contributed by atoms with van der Waals surface area (Å²) in [5.74, 6) is 0.332. The van der Waals surface area contributed by atoms with Gasteiger partial charge in [-0.25, -0.2) is 4.98 Å². The second kappa shape index (κ2) is 5.20. The van der Waals surface area contributed by atoms with Gasteiger partial charge in [0.25, 0.3) is 0 Å². The number of carbonyl (C=O) groups is 1. The van der Waals surface area contributed by atoms with Gasteiger partial charge in [0.05, 0.1) is 10.6 Å². The van der Waals surface area contributed by atoms with Gasteiger partial charge in [-0.1, -0.05) is 18.9 Å². The number of anilines is 1. The molecule has 0 radical (unpaired) electrons. The minimum Gasteiger partial charge on any atom is -0.302 e. The highest BCUT2D eigenvalue weighted by molar-refractivity contribution is 7.16. The molecule has 0 atom stereocenters. The molecule has 3 nitrogen and oxygen atoms in total. The summed E-state index contributed by atoms with van der Waals surface area (Å²) in [5.41, 5.74) is 0.955. The van der Waals surface area contributed by atoms with Crippen LogP contribution in [0, 0.1) is 5.92 Å². The number of nitrogens with zero attached hydrogens (tertiary/aromatic N) is 1. The van der Waals surface area contributed by atoms with Gasteiger partial charge >= 0.3 is 0 Å². The maximum Gasteiger partial charge on any atom is 0.229 e. The van der Waals surface area contributed by atoms with Crippen molar-refractivity contribution >= 4 is 33.7 Å². The van der Waals surface area contributed by atoms with Gasteiger partial charge in [0.15, 0.2) is 5.13 Å². The standard InChI is InChI=1S/C13H14N2OS2/c16-12(9-4-1-2-5-9)15-13-14-10(8-18-13)11-6-3-7-17-11/h3,6-9H,1-2,4-5H2,(H,14,15,16). The molecule has 1 fully saturated rings. The molecule has 0 bridgehead atoms. The second-order valence-electron chi connectivity index (χ2n) is 4.49. The van der Waals surface area contributed by atoms with Crippen molar-refractivity contribution in [2.75, 3.05) is 5.32 Å². The molecule has 2 heterocycles. The van der Waals surface area contributed by atoms with Gasteiger partial charge in [-0.2, -0.15) is 0 Å². The number of amides is 1. The highest BCUT2D eigenvalue weighted by Crippen LogP contribution is 2.30. The lowest BCUT2D eigenvalue weighted by molar-refractivity contribution is -0.119. The molecule has 2 aromatic heterocycles. The summed E-state index contributed by atoms with van der Waals surface area (Å²) in [4.78, 5) is 17.6. The van der Waals surface area contributed by atoms with Crippen LogP contribution in [-0.4, -0.2) is 10.9 Å². The van der Waals surface area contributed by atoms with Gasteiger partial charge in [0.2, 0.25) is 5.91 Å². The van der Waals surface area contributed by atoms with Gasteiger partial charge in [0, 0.05) is 11.3 Å². The lowest BCUT2D eigenvalue weighted by Crippen LogP contribution is -2.20. The molecule has 1 N–H and O–H groups in total. The maximum absolute atomic E-state index is 12.0. The molecule has 1 aliphatic carbocycles. The van der Waals surface area contributed by atoms with E-state index in [1.807, 2.05) is 22.9 Å². The predicted octanol–water partition coefficient (Wildman–Crippen LogP) is 4.00. The molecule has 5 heteroatoms. The van der Waals surface area contributed by atoms with Crippen LogP contribution >= 0.6 is 22.7 Å². The van der Waals surface area contributed by atoms with Crippen LogP contribution in [0.5, 0.6) is 0 Å². The van der Waals surface area contributed by atoms with Crippen molar-refractivity contribution in [1.29, 1.82) is 0 Å². The summed E-state index contributed by atoms with van der Waals surface area (Å²) in [7, 11) is 0. The largest absolute Gasteiger partial charge is 0.302 e. The van der Waals surface area contributed by atoms with Crippen LogP contribution in [0.3, 0.4) is 0 Å². The molecule has 0 spiro atoms. The monoisotopic (exact) mass is 278 g/mol. The fraction of sp³-hybridized carbons (Fsp3) is 0.385. The third-order valence-corrected chi connectivity index (χ3v) is 4.88. The van der Waals surface area contributed by atoms with Crippen LogP contribution in [0.25, 0.3) is 10.6 Å². The minimum absolute atomic E-state index is 0.138. The molecular weight excluding hydrogens is 264 g/mol. The van der Waals surface area contributed by atoms with E-state index in [4.69, 9.17) is 0 Å². The van der Waals surface area contributed by atoms with Crippen LogP contribution in [0.4, 0.5) is 5.13 Å². The Morgan fingerprint density at radius 2 is 2.17 bits per heavy atom. The SMILES string of the molecule is O=C(Nc1nc(-c2cccs2)cs1)C1CCCC1. The van der Waals surface area contributed by atoms with E-state index in [1.165, 1.54) is 24.2 Å². The van der Waals surface area contributed by atoms with E-state index in [1.54, 1.807) is 11.3 Å². The third-order valence-electron chi connectivity index (χ3n) is 3.23. The molecule has 0 aliphatic heterocycles. The lowest BCUT2D eigenvalue weighted by Gasteiger charge is -2.07. The summed E-state index contributed by atoms with van der Waals surface area (Å²) < 4.78 is 0. The van der Waals surface area contributed by atoms with Crippen molar-refractivity contribution in [1.82, 2.24) is 4.98 Å². The quantitative estimate of drug-likeness (QED) is 0.922. The highest BCUT2D eigenvalue weighted by Gasteiger charge is 2.23. The number of hydrogen-bond acceptors (Lipinski definition) is 4. The van der Waals surface area contributed by atoms with E-state index in [0.717, 1.165) is 28.5 Å². The van der Waals surface area contributed by atoms with E-state index in [-0.39, 0.29) is 11.8 Å². The molecule has 1 saturated carbocycles. The molecule has 0 aromatic carbocycles. The van der Waals surface area contributed by atoms with E-state index in [9.17, 15) is 4.79 Å². The van der Waals surface area contributed by atoms with Gasteiger partial charge in [-0.05, 0) is 24.3 Å². The third kappa shape index (κ3) is 2.47. The lowest BCUT2D eigenvalue weighted by atomic mass is 10.1. The number of thiazole rings is 1. The first-order chi connectivity index (χ1) is 8.83. The molecule has 2 aromatic rings. The second-order valence-corrected chi connectivity index (χ2v) is 6.29. The van der Waals surface area contributed by atoms with Crippen LogP contribution in [0.1, 0.15) is 25.7 Å². The molecule has 94 valence electrons. The number of rotatable bonds is 3. The Morgan fingerprint density at radius 3 is 2.89 bits per heavy atom. The molecule has 1 aliphatic rings. The molecular formula is C13H14N2OS2. The van der Waals surface area contributed by atoms with Gasteiger partial charge in [0.1, 0.15) is 0 Å². The van der Waals surface area contributed by atoms with Crippen molar-refractivity contribution in [2.45, 2.75) is 25.7 Å². The number of nitrogens with one attached hydrogen (secondary N) is 1. The van der Waals surface area contributed by atoms with E-state index >= 15 is 0 Å². The summed E-state index contributed by atoms with van der Waals surface area (Å²) in [6.45, 7) is 0. The smallest absolute Gasteiger partial charge is 0.229 e. The number of thiophene rings is 1. The van der Waals surface area contributed by atoms with E-state index in [0.29, 0.717) is 0 Å². The average molecular weight is 278 g/mol. The highest BCUT2D eigenvalue weighted by atomic mass is 32.1. The Kier molecular flexibility index (Phi) is 3.43. The zero-order valence-electron chi connectivity index (χ0n) is 9.89. The Hall–Kier alpha value is -1.20. The van der Waals surface area contributed by atoms with Crippen LogP contribution in [0.15, 0.2) is 22.9 Å². The Balaban J connectivity index is 1.68. The van der Waals surface area contributed by atoms with Gasteiger partial charge in [-0.15, -0.1) is 22.7 Å². The first kappa shape index (κ1) is 11.9. The van der Waals surface area contributed by atoms with Crippen molar-refractivity contribution in [2.24, 2.45) is 5.92 Å². The van der Waals surface area contributed by atoms with Crippen LogP contribution in [0.2, 0.25) is 0 Å². The predicted molar refractivity (Wildman–Crippen MR) is 76.0 cm³/mol. The molecule has 0 saturated heterocycles. The zero-order chi connectivity index (χ0) is 12.4. The average Bonchev–Trinajstić information content (AvgIpc) is 3.12. The maximum atomic E-state index is 12.0. The Morgan fingerprint density at radius 1 is 1.33 bits per heavy atom. The van der Waals surface area contributed by atoms with Gasteiger partial charge in [-0.3, -0.25) is 4.79 Å². The van der Waals surface area contributed by atoms with Crippen LogP contribution < -0.4 is 5.32 Å². The van der Waals surface area contributed by atoms with E-state index in [2.05, 4.69) is 10.3 Å². The number of carbonyl (C=O) groups excluding carboxylic acids is 1. The number of hydrogen-bond donors (Lipinski definition) is 1. The summed E-state index contributed by atoms with van der Waals surface area (Å²) >= 11 is 3.16. The fourth-order valence-corrected chi connectivity index (χ4v) is 3.74. The Labute approximate surface area is 114 Å². The Bertz CT molecular complexity index is 527. The summed E-state index contributed by atoms with van der Waals surface area (Å²) in [5, 5.41) is 7.69. The normalized spacial score (nSPS) is 16.0. The molecule has 18 heavy (non-hydrogen) atoms. The number of aromatic nitrogens is 1. The van der Waals surface area contributed by atoms with Crippen molar-refractivity contribution in [3.8, 4) is 10.6 Å². The minimum atomic E-state index is 0.138. The molecule has 3 rings (SSSR count). The topological polar surface area (TPSA) is 42.0 Å². The first-order valence-corrected chi connectivity index (χ1v) is 7.89. The molecule has 1 amide bonds. The van der Waals surface area contributed by atoms with Crippen molar-refractivity contribution in [3.05, 3.63) is 22.9 Å². The summed E-state index contributed by atoms with van der Waals surface area (Å²) in [6, 6.07) is 4.05.